The van der Waals surface area contributed by atoms with Crippen molar-refractivity contribution < 1.29 is 14.6 Å². The number of aliphatic hydroxyl groups excluding tert-OH is 1. The van der Waals surface area contributed by atoms with E-state index in [4.69, 9.17) is 4.74 Å². The summed E-state index contributed by atoms with van der Waals surface area (Å²) in [6.45, 7) is 2.11. The van der Waals surface area contributed by atoms with Gasteiger partial charge in [0, 0.05) is 39.5 Å². The Hall–Kier alpha value is -1.79. The Labute approximate surface area is 125 Å². The van der Waals surface area contributed by atoms with Crippen LogP contribution in [-0.2, 0) is 11.2 Å². The van der Waals surface area contributed by atoms with Gasteiger partial charge in [-0.2, -0.15) is 0 Å². The monoisotopic (exact) mass is 293 g/mol. The van der Waals surface area contributed by atoms with Crippen molar-refractivity contribution in [2.75, 3.05) is 45.3 Å². The molecule has 2 rings (SSSR count). The third-order valence-corrected chi connectivity index (χ3v) is 3.66. The van der Waals surface area contributed by atoms with Crippen molar-refractivity contribution in [2.45, 2.75) is 12.5 Å². The molecule has 1 aliphatic rings. The molecule has 0 aliphatic carbocycles. The number of hydrogen-bond acceptors (Lipinski definition) is 4. The molecule has 0 saturated carbocycles. The van der Waals surface area contributed by atoms with Crippen LogP contribution < -0.4 is 15.5 Å². The number of aliphatic hydroxyl groups is 1. The van der Waals surface area contributed by atoms with Gasteiger partial charge in [-0.25, -0.2) is 4.79 Å². The zero-order valence-electron chi connectivity index (χ0n) is 12.6. The Balaban J connectivity index is 1.84. The summed E-state index contributed by atoms with van der Waals surface area (Å²) in [6, 6.07) is 5.66. The fourth-order valence-electron chi connectivity index (χ4n) is 2.43. The van der Waals surface area contributed by atoms with Crippen LogP contribution in [0.1, 0.15) is 17.2 Å². The molecule has 0 bridgehead atoms. The largest absolute Gasteiger partial charge is 0.387 e. The van der Waals surface area contributed by atoms with Crippen molar-refractivity contribution in [3.63, 3.8) is 0 Å². The summed E-state index contributed by atoms with van der Waals surface area (Å²) in [5.74, 6) is 0. The lowest BCUT2D eigenvalue weighted by atomic mass is 10.0. The van der Waals surface area contributed by atoms with E-state index in [9.17, 15) is 9.90 Å². The van der Waals surface area contributed by atoms with Crippen molar-refractivity contribution in [3.8, 4) is 0 Å². The predicted molar refractivity (Wildman–Crippen MR) is 81.7 cm³/mol. The van der Waals surface area contributed by atoms with Gasteiger partial charge in [-0.1, -0.05) is 12.1 Å². The number of ether oxygens (including phenoxy) is 1. The second-order valence-electron chi connectivity index (χ2n) is 5.21. The first-order valence-electron chi connectivity index (χ1n) is 7.14. The molecule has 1 aromatic carbocycles. The Morgan fingerprint density at radius 1 is 1.48 bits per heavy atom. The smallest absolute Gasteiger partial charge is 0.314 e. The fraction of sp³-hybridized carbons (Fsp3) is 0.533. The molecule has 1 heterocycles. The van der Waals surface area contributed by atoms with E-state index in [1.165, 1.54) is 11.3 Å². The number of carbonyl (C=O) groups excluding carboxylic acids is 1. The molecule has 0 radical (unpaired) electrons. The van der Waals surface area contributed by atoms with E-state index in [-0.39, 0.29) is 12.6 Å². The first-order valence-corrected chi connectivity index (χ1v) is 7.14. The van der Waals surface area contributed by atoms with Gasteiger partial charge in [0.2, 0.25) is 0 Å². The fourth-order valence-corrected chi connectivity index (χ4v) is 2.43. The third kappa shape index (κ3) is 4.09. The number of nitrogens with one attached hydrogen (secondary N) is 2. The molecular weight excluding hydrogens is 270 g/mol. The third-order valence-electron chi connectivity index (χ3n) is 3.66. The lowest BCUT2D eigenvalue weighted by Gasteiger charge is -2.15. The molecule has 1 atom stereocenters. The van der Waals surface area contributed by atoms with Gasteiger partial charge in [-0.05, 0) is 23.6 Å². The first kappa shape index (κ1) is 15.6. The van der Waals surface area contributed by atoms with Crippen molar-refractivity contribution in [1.82, 2.24) is 10.6 Å². The summed E-state index contributed by atoms with van der Waals surface area (Å²) < 4.78 is 4.84. The highest BCUT2D eigenvalue weighted by molar-refractivity contribution is 5.73. The van der Waals surface area contributed by atoms with Gasteiger partial charge in [0.1, 0.15) is 0 Å². The van der Waals surface area contributed by atoms with Gasteiger partial charge in [-0.3, -0.25) is 0 Å². The summed E-state index contributed by atoms with van der Waals surface area (Å²) in [7, 11) is 3.64. The second kappa shape index (κ2) is 7.28. The first-order chi connectivity index (χ1) is 10.1. The highest BCUT2D eigenvalue weighted by Gasteiger charge is 2.18. The number of hydrogen-bond donors (Lipinski definition) is 3. The number of rotatable bonds is 6. The van der Waals surface area contributed by atoms with Crippen LogP contribution in [-0.4, -0.2) is 51.5 Å². The molecule has 0 aromatic heterocycles. The van der Waals surface area contributed by atoms with Crippen molar-refractivity contribution in [3.05, 3.63) is 29.3 Å². The summed E-state index contributed by atoms with van der Waals surface area (Å²) in [5, 5.41) is 15.5. The van der Waals surface area contributed by atoms with Gasteiger partial charge >= 0.3 is 6.03 Å². The number of anilines is 1. The molecule has 0 unspecified atom stereocenters. The van der Waals surface area contributed by atoms with Crippen molar-refractivity contribution >= 4 is 11.7 Å². The van der Waals surface area contributed by atoms with Crippen LogP contribution in [0, 0.1) is 0 Å². The van der Waals surface area contributed by atoms with Crippen LogP contribution in [0.2, 0.25) is 0 Å². The molecule has 1 aromatic rings. The number of methoxy groups -OCH3 is 1. The molecule has 116 valence electrons. The Bertz CT molecular complexity index is 493. The van der Waals surface area contributed by atoms with Crippen LogP contribution in [0.5, 0.6) is 0 Å². The van der Waals surface area contributed by atoms with E-state index in [1.807, 2.05) is 18.2 Å². The quantitative estimate of drug-likeness (QED) is 0.674. The number of nitrogens with zero attached hydrogens (tertiary/aromatic N) is 1. The lowest BCUT2D eigenvalue weighted by molar-refractivity contribution is 0.170. The topological polar surface area (TPSA) is 73.8 Å². The molecule has 3 N–H and O–H groups in total. The average molecular weight is 293 g/mol. The number of fused-ring (bicyclic) bond motifs is 1. The van der Waals surface area contributed by atoms with E-state index in [0.717, 1.165) is 18.5 Å². The SMILES string of the molecule is COCCNC(=O)NC[C@@H](O)c1ccc2c(c1)CCN2C. The number of urea groups is 1. The molecule has 0 saturated heterocycles. The van der Waals surface area contributed by atoms with Gasteiger partial charge < -0.3 is 25.4 Å². The van der Waals surface area contributed by atoms with Gasteiger partial charge in [0.15, 0.2) is 0 Å². The van der Waals surface area contributed by atoms with Crippen LogP contribution >= 0.6 is 0 Å². The van der Waals surface area contributed by atoms with Crippen LogP contribution in [0.25, 0.3) is 0 Å². The maximum absolute atomic E-state index is 11.5. The van der Waals surface area contributed by atoms with E-state index in [2.05, 4.69) is 22.6 Å². The van der Waals surface area contributed by atoms with Gasteiger partial charge in [0.05, 0.1) is 12.7 Å². The minimum absolute atomic E-state index is 0.188. The number of likely N-dealkylation sites (N-methyl/N-ethyl adjacent to an activating group) is 1. The minimum Gasteiger partial charge on any atom is -0.387 e. The summed E-state index contributed by atoms with van der Waals surface area (Å²) in [5.41, 5.74) is 3.30. The van der Waals surface area contributed by atoms with Crippen LogP contribution in [0.15, 0.2) is 18.2 Å². The minimum atomic E-state index is -0.700. The molecule has 0 fully saturated rings. The number of amides is 2. The summed E-state index contributed by atoms with van der Waals surface area (Å²) >= 11 is 0. The van der Waals surface area contributed by atoms with E-state index in [0.29, 0.717) is 13.2 Å². The second-order valence-corrected chi connectivity index (χ2v) is 5.21. The van der Waals surface area contributed by atoms with Crippen LogP contribution in [0.4, 0.5) is 10.5 Å². The van der Waals surface area contributed by atoms with Crippen molar-refractivity contribution in [2.24, 2.45) is 0 Å². The maximum Gasteiger partial charge on any atom is 0.314 e. The standard InChI is InChI=1S/C15H23N3O3/c1-18-7-5-11-9-12(3-4-13(11)18)14(19)10-17-15(20)16-6-8-21-2/h3-4,9,14,19H,5-8,10H2,1-2H3,(H2,16,17,20)/t14-/m1/s1. The van der Waals surface area contributed by atoms with Crippen molar-refractivity contribution in [1.29, 1.82) is 0 Å². The highest BCUT2D eigenvalue weighted by atomic mass is 16.5. The lowest BCUT2D eigenvalue weighted by Crippen LogP contribution is -2.39. The molecule has 6 heteroatoms. The van der Waals surface area contributed by atoms with Gasteiger partial charge in [0.25, 0.3) is 0 Å². The average Bonchev–Trinajstić information content (AvgIpc) is 2.86. The molecule has 6 nitrogen and oxygen atoms in total. The molecule has 1 aliphatic heterocycles. The van der Waals surface area contributed by atoms with Crippen LogP contribution in [0.3, 0.4) is 0 Å². The number of benzene rings is 1. The summed E-state index contributed by atoms with van der Waals surface area (Å²) in [6.07, 6.45) is 0.298. The van der Waals surface area contributed by atoms with Gasteiger partial charge in [-0.15, -0.1) is 0 Å². The Kier molecular flexibility index (Phi) is 5.41. The predicted octanol–water partition coefficient (Wildman–Crippen LogP) is 0.658. The highest BCUT2D eigenvalue weighted by Crippen LogP contribution is 2.29. The normalized spacial score (nSPS) is 14.7. The zero-order chi connectivity index (χ0) is 15.2. The molecule has 2 amide bonds. The number of carbonyl (C=O) groups is 1. The maximum atomic E-state index is 11.5. The van der Waals surface area contributed by atoms with E-state index < -0.39 is 6.10 Å². The van der Waals surface area contributed by atoms with E-state index in [1.54, 1.807) is 7.11 Å². The molecular formula is C15H23N3O3. The van der Waals surface area contributed by atoms with E-state index >= 15 is 0 Å². The Morgan fingerprint density at radius 3 is 3.05 bits per heavy atom. The Morgan fingerprint density at radius 2 is 2.29 bits per heavy atom. The molecule has 21 heavy (non-hydrogen) atoms. The zero-order valence-corrected chi connectivity index (χ0v) is 12.6. The summed E-state index contributed by atoms with van der Waals surface area (Å²) in [4.78, 5) is 13.7. The molecule has 0 spiro atoms.